The summed E-state index contributed by atoms with van der Waals surface area (Å²) in [4.78, 5) is 4.57. The zero-order valence-corrected chi connectivity index (χ0v) is 17.7. The molecule has 1 aliphatic rings. The zero-order chi connectivity index (χ0) is 17.4. The van der Waals surface area contributed by atoms with Crippen LogP contribution in [0.4, 0.5) is 0 Å². The number of aliphatic hydroxyl groups is 1. The number of nitrogens with zero attached hydrogens (tertiary/aromatic N) is 2. The first-order chi connectivity index (χ1) is 11.6. The smallest absolute Gasteiger partial charge is 0.191 e. The van der Waals surface area contributed by atoms with Crippen LogP contribution in [0.3, 0.4) is 0 Å². The van der Waals surface area contributed by atoms with E-state index < -0.39 is 0 Å². The minimum absolute atomic E-state index is 0. The van der Waals surface area contributed by atoms with Crippen molar-refractivity contribution in [2.75, 3.05) is 32.9 Å². The molecule has 0 amide bonds. The molecule has 2 rings (SSSR count). The fraction of sp³-hybridized carbons (Fsp3) is 0.765. The topological polar surface area (TPSA) is 91.9 Å². The summed E-state index contributed by atoms with van der Waals surface area (Å²) in [6.07, 6.45) is 1.69. The van der Waals surface area contributed by atoms with E-state index in [4.69, 9.17) is 9.26 Å². The van der Waals surface area contributed by atoms with Crippen molar-refractivity contribution >= 4 is 29.9 Å². The van der Waals surface area contributed by atoms with Gasteiger partial charge in [0.2, 0.25) is 0 Å². The van der Waals surface area contributed by atoms with Crippen molar-refractivity contribution in [3.63, 3.8) is 0 Å². The van der Waals surface area contributed by atoms with Gasteiger partial charge in [-0.3, -0.25) is 0 Å². The Morgan fingerprint density at radius 1 is 1.44 bits per heavy atom. The highest BCUT2D eigenvalue weighted by Crippen LogP contribution is 2.31. The number of hydrogen-bond acceptors (Lipinski definition) is 5. The monoisotopic (exact) mass is 466 g/mol. The molecule has 2 heterocycles. The Balaban J connectivity index is 0.00000312. The van der Waals surface area contributed by atoms with Gasteiger partial charge >= 0.3 is 0 Å². The molecule has 3 N–H and O–H groups in total. The van der Waals surface area contributed by atoms with Crippen molar-refractivity contribution < 1.29 is 14.4 Å². The second kappa shape index (κ2) is 11.0. The van der Waals surface area contributed by atoms with Gasteiger partial charge in [-0.2, -0.15) is 0 Å². The Labute approximate surface area is 167 Å². The molecule has 0 aliphatic carbocycles. The second-order valence-electron chi connectivity index (χ2n) is 6.70. The fourth-order valence-corrected chi connectivity index (χ4v) is 2.76. The number of hydrogen-bond donors (Lipinski definition) is 3. The molecule has 25 heavy (non-hydrogen) atoms. The van der Waals surface area contributed by atoms with Crippen LogP contribution in [0.2, 0.25) is 0 Å². The summed E-state index contributed by atoms with van der Waals surface area (Å²) in [5.74, 6) is 1.84. The van der Waals surface area contributed by atoms with Gasteiger partial charge in [-0.05, 0) is 25.7 Å². The van der Waals surface area contributed by atoms with E-state index in [0.29, 0.717) is 19.1 Å². The number of ether oxygens (including phenoxy) is 1. The molecule has 7 nitrogen and oxygen atoms in total. The Bertz CT molecular complexity index is 528. The third kappa shape index (κ3) is 6.74. The van der Waals surface area contributed by atoms with Gasteiger partial charge in [0, 0.05) is 37.8 Å². The third-order valence-electron chi connectivity index (χ3n) is 4.36. The molecule has 1 aliphatic heterocycles. The highest BCUT2D eigenvalue weighted by molar-refractivity contribution is 14.0. The van der Waals surface area contributed by atoms with E-state index >= 15 is 0 Å². The number of nitrogens with one attached hydrogen (secondary N) is 2. The van der Waals surface area contributed by atoms with E-state index in [1.54, 1.807) is 0 Å². The molecule has 1 atom stereocenters. The molecule has 0 radical (unpaired) electrons. The molecular formula is C17H31IN4O3. The van der Waals surface area contributed by atoms with Crippen LogP contribution < -0.4 is 10.6 Å². The van der Waals surface area contributed by atoms with E-state index in [-0.39, 0.29) is 36.0 Å². The van der Waals surface area contributed by atoms with Gasteiger partial charge in [-0.1, -0.05) is 19.0 Å². The lowest BCUT2D eigenvalue weighted by Crippen LogP contribution is -2.44. The molecule has 0 bridgehead atoms. The van der Waals surface area contributed by atoms with Crippen molar-refractivity contribution in [3.05, 3.63) is 17.5 Å². The molecule has 1 aromatic rings. The van der Waals surface area contributed by atoms with Crippen molar-refractivity contribution in [3.8, 4) is 0 Å². The Hall–Kier alpha value is -0.870. The van der Waals surface area contributed by atoms with Crippen LogP contribution in [0.25, 0.3) is 0 Å². The van der Waals surface area contributed by atoms with Crippen molar-refractivity contribution in [1.29, 1.82) is 0 Å². The van der Waals surface area contributed by atoms with E-state index in [2.05, 4.69) is 34.6 Å². The maximum absolute atomic E-state index is 9.31. The van der Waals surface area contributed by atoms with Crippen LogP contribution in [0, 0.1) is 5.41 Å². The fourth-order valence-electron chi connectivity index (χ4n) is 2.76. The number of aromatic nitrogens is 1. The largest absolute Gasteiger partial charge is 0.396 e. The maximum Gasteiger partial charge on any atom is 0.191 e. The molecular weight excluding hydrogens is 435 g/mol. The summed E-state index contributed by atoms with van der Waals surface area (Å²) < 4.78 is 10.9. The lowest BCUT2D eigenvalue weighted by atomic mass is 9.84. The van der Waals surface area contributed by atoms with Gasteiger partial charge in [0.1, 0.15) is 6.54 Å². The van der Waals surface area contributed by atoms with Gasteiger partial charge < -0.3 is 25.0 Å². The maximum atomic E-state index is 9.31. The SMILES string of the molecule is CCNC(=NCc1cc(C(C)C)no1)NCC1(CCO)CCOC1.I. The summed E-state index contributed by atoms with van der Waals surface area (Å²) in [5.41, 5.74) is 0.935. The highest BCUT2D eigenvalue weighted by Gasteiger charge is 2.34. The van der Waals surface area contributed by atoms with Crippen LogP contribution in [0.5, 0.6) is 0 Å². The first kappa shape index (κ1) is 22.2. The van der Waals surface area contributed by atoms with Crippen molar-refractivity contribution in [1.82, 2.24) is 15.8 Å². The highest BCUT2D eigenvalue weighted by atomic mass is 127. The minimum Gasteiger partial charge on any atom is -0.396 e. The standard InChI is InChI=1S/C17H30N4O3.HI/c1-4-18-16(19-10-14-9-15(13(2)3)21-24-14)20-11-17(5-7-22)6-8-23-12-17;/h9,13,22H,4-8,10-12H2,1-3H3,(H2,18,19,20);1H. The van der Waals surface area contributed by atoms with Crippen LogP contribution in [0.1, 0.15) is 51.0 Å². The van der Waals surface area contributed by atoms with Crippen LogP contribution in [0.15, 0.2) is 15.6 Å². The molecule has 0 saturated carbocycles. The average Bonchev–Trinajstić information content (AvgIpc) is 3.20. The van der Waals surface area contributed by atoms with E-state index in [0.717, 1.165) is 50.0 Å². The second-order valence-corrected chi connectivity index (χ2v) is 6.70. The lowest BCUT2D eigenvalue weighted by molar-refractivity contribution is 0.127. The number of halogens is 1. The van der Waals surface area contributed by atoms with Crippen LogP contribution in [-0.4, -0.2) is 49.1 Å². The predicted molar refractivity (Wildman–Crippen MR) is 108 cm³/mol. The molecule has 0 spiro atoms. The number of aliphatic hydroxyl groups excluding tert-OH is 1. The molecule has 0 aromatic carbocycles. The van der Waals surface area contributed by atoms with Gasteiger partial charge in [-0.25, -0.2) is 4.99 Å². The number of guanidine groups is 1. The molecule has 1 fully saturated rings. The van der Waals surface area contributed by atoms with Gasteiger partial charge in [0.05, 0.1) is 12.3 Å². The quantitative estimate of drug-likeness (QED) is 0.309. The lowest BCUT2D eigenvalue weighted by Gasteiger charge is -2.27. The number of rotatable bonds is 8. The summed E-state index contributed by atoms with van der Waals surface area (Å²) in [6, 6.07) is 1.95. The van der Waals surface area contributed by atoms with Crippen LogP contribution in [-0.2, 0) is 11.3 Å². The zero-order valence-electron chi connectivity index (χ0n) is 15.4. The molecule has 144 valence electrons. The Morgan fingerprint density at radius 3 is 2.80 bits per heavy atom. The summed E-state index contributed by atoms with van der Waals surface area (Å²) in [5, 5.41) is 20.0. The molecule has 1 unspecified atom stereocenters. The molecule has 8 heteroatoms. The Morgan fingerprint density at radius 2 is 2.24 bits per heavy atom. The van der Waals surface area contributed by atoms with E-state index in [1.165, 1.54) is 0 Å². The average molecular weight is 466 g/mol. The first-order valence-corrected chi connectivity index (χ1v) is 8.75. The third-order valence-corrected chi connectivity index (χ3v) is 4.36. The predicted octanol–water partition coefficient (Wildman–Crippen LogP) is 2.26. The van der Waals surface area contributed by atoms with Crippen molar-refractivity contribution in [2.24, 2.45) is 10.4 Å². The van der Waals surface area contributed by atoms with E-state index in [1.807, 2.05) is 13.0 Å². The van der Waals surface area contributed by atoms with Gasteiger partial charge in [0.25, 0.3) is 0 Å². The van der Waals surface area contributed by atoms with Gasteiger partial charge in [-0.15, -0.1) is 24.0 Å². The minimum atomic E-state index is -0.0119. The van der Waals surface area contributed by atoms with Gasteiger partial charge in [0.15, 0.2) is 11.7 Å². The van der Waals surface area contributed by atoms with Crippen molar-refractivity contribution in [2.45, 2.75) is 46.1 Å². The molecule has 1 saturated heterocycles. The molecule has 1 aromatic heterocycles. The van der Waals surface area contributed by atoms with E-state index in [9.17, 15) is 5.11 Å². The summed E-state index contributed by atoms with van der Waals surface area (Å²) in [7, 11) is 0. The first-order valence-electron chi connectivity index (χ1n) is 8.75. The normalized spacial score (nSPS) is 20.6. The summed E-state index contributed by atoms with van der Waals surface area (Å²) in [6.45, 7) is 9.76. The Kier molecular flexibility index (Phi) is 9.73. The summed E-state index contributed by atoms with van der Waals surface area (Å²) >= 11 is 0. The number of aliphatic imine (C=N–C) groups is 1. The van der Waals surface area contributed by atoms with Crippen LogP contribution >= 0.6 is 24.0 Å².